The summed E-state index contributed by atoms with van der Waals surface area (Å²) in [6.45, 7) is 0. The number of carbonyl (C=O) groups excluding carboxylic acids is 2. The van der Waals surface area contributed by atoms with Crippen LogP contribution in [0.4, 0.5) is 0 Å². The van der Waals surface area contributed by atoms with Crippen molar-refractivity contribution in [2.24, 2.45) is 11.8 Å². The summed E-state index contributed by atoms with van der Waals surface area (Å²) in [7, 11) is 6.94. The highest BCUT2D eigenvalue weighted by Crippen LogP contribution is 2.28. The highest BCUT2D eigenvalue weighted by molar-refractivity contribution is 5.87. The summed E-state index contributed by atoms with van der Waals surface area (Å²) in [6.07, 6.45) is 5.32. The van der Waals surface area contributed by atoms with E-state index in [1.165, 1.54) is 0 Å². The molecule has 2 amide bonds. The zero-order valence-electron chi connectivity index (χ0n) is 10.4. The van der Waals surface area contributed by atoms with E-state index in [2.05, 4.69) is 0 Å². The number of allylic oxidation sites excluding steroid dienone is 2. The molecule has 0 spiro atoms. The van der Waals surface area contributed by atoms with Gasteiger partial charge in [-0.3, -0.25) is 9.59 Å². The average molecular weight is 224 g/mol. The van der Waals surface area contributed by atoms with Gasteiger partial charge in [-0.05, 0) is 12.8 Å². The van der Waals surface area contributed by atoms with E-state index >= 15 is 0 Å². The molecular formula is C12H20N2O2. The van der Waals surface area contributed by atoms with Crippen molar-refractivity contribution in [3.8, 4) is 0 Å². The lowest BCUT2D eigenvalue weighted by molar-refractivity contribution is -0.143. The average Bonchev–Trinajstić information content (AvgIpc) is 2.26. The van der Waals surface area contributed by atoms with Crippen molar-refractivity contribution >= 4 is 11.8 Å². The van der Waals surface area contributed by atoms with Gasteiger partial charge in [0.2, 0.25) is 11.8 Å². The van der Waals surface area contributed by atoms with Crippen LogP contribution in [-0.4, -0.2) is 49.8 Å². The van der Waals surface area contributed by atoms with Gasteiger partial charge in [0, 0.05) is 28.2 Å². The SMILES string of the molecule is CN(C)C(=O)[C@@H]1CC=CC[C@H]1C(=O)N(C)C. The standard InChI is InChI=1S/C12H20N2O2/c1-13(2)11(15)9-7-5-6-8-10(9)12(16)14(3)4/h5-6,9-10H,7-8H2,1-4H3/t9-,10-/m1/s1. The van der Waals surface area contributed by atoms with Crippen LogP contribution < -0.4 is 0 Å². The largest absolute Gasteiger partial charge is 0.349 e. The summed E-state index contributed by atoms with van der Waals surface area (Å²) in [4.78, 5) is 27.1. The van der Waals surface area contributed by atoms with E-state index in [1.807, 2.05) is 12.2 Å². The first-order valence-corrected chi connectivity index (χ1v) is 5.52. The second kappa shape index (κ2) is 5.14. The first-order valence-electron chi connectivity index (χ1n) is 5.52. The molecule has 0 aliphatic heterocycles. The van der Waals surface area contributed by atoms with Crippen LogP contribution >= 0.6 is 0 Å². The van der Waals surface area contributed by atoms with Crippen LogP contribution in [0.3, 0.4) is 0 Å². The van der Waals surface area contributed by atoms with Crippen molar-refractivity contribution < 1.29 is 9.59 Å². The van der Waals surface area contributed by atoms with E-state index in [0.29, 0.717) is 12.8 Å². The molecule has 2 atom stereocenters. The van der Waals surface area contributed by atoms with Gasteiger partial charge in [-0.25, -0.2) is 0 Å². The minimum Gasteiger partial charge on any atom is -0.349 e. The maximum Gasteiger partial charge on any atom is 0.226 e. The molecule has 0 saturated heterocycles. The fourth-order valence-corrected chi connectivity index (χ4v) is 2.02. The smallest absolute Gasteiger partial charge is 0.226 e. The fraction of sp³-hybridized carbons (Fsp3) is 0.667. The molecule has 0 aromatic carbocycles. The molecule has 4 nitrogen and oxygen atoms in total. The highest BCUT2D eigenvalue weighted by atomic mass is 16.2. The van der Waals surface area contributed by atoms with Crippen LogP contribution in [-0.2, 0) is 9.59 Å². The molecule has 0 N–H and O–H groups in total. The van der Waals surface area contributed by atoms with Crippen molar-refractivity contribution in [2.75, 3.05) is 28.2 Å². The van der Waals surface area contributed by atoms with E-state index in [4.69, 9.17) is 0 Å². The molecular weight excluding hydrogens is 204 g/mol. The summed E-state index contributed by atoms with van der Waals surface area (Å²) in [6, 6.07) is 0. The molecule has 0 aromatic rings. The Kier molecular flexibility index (Phi) is 4.10. The van der Waals surface area contributed by atoms with E-state index in [9.17, 15) is 9.59 Å². The Bertz CT molecular complexity index is 278. The van der Waals surface area contributed by atoms with Gasteiger partial charge in [0.1, 0.15) is 0 Å². The lowest BCUT2D eigenvalue weighted by atomic mass is 9.81. The topological polar surface area (TPSA) is 40.6 Å². The lowest BCUT2D eigenvalue weighted by Gasteiger charge is -2.30. The zero-order chi connectivity index (χ0) is 12.3. The molecule has 1 rings (SSSR count). The Morgan fingerprint density at radius 3 is 1.44 bits per heavy atom. The molecule has 4 heteroatoms. The quantitative estimate of drug-likeness (QED) is 0.649. The van der Waals surface area contributed by atoms with Crippen LogP contribution in [0.2, 0.25) is 0 Å². The predicted molar refractivity (Wildman–Crippen MR) is 62.7 cm³/mol. The minimum absolute atomic E-state index is 0.0459. The van der Waals surface area contributed by atoms with Gasteiger partial charge in [-0.15, -0.1) is 0 Å². The molecule has 0 fully saturated rings. The second-order valence-corrected chi connectivity index (χ2v) is 4.62. The first-order chi connectivity index (χ1) is 7.45. The van der Waals surface area contributed by atoms with Crippen molar-refractivity contribution in [2.45, 2.75) is 12.8 Å². The molecule has 1 aliphatic carbocycles. The maximum absolute atomic E-state index is 12.0. The van der Waals surface area contributed by atoms with Gasteiger partial charge < -0.3 is 9.80 Å². The van der Waals surface area contributed by atoms with Crippen LogP contribution in [0.25, 0.3) is 0 Å². The number of rotatable bonds is 2. The number of amides is 2. The Hall–Kier alpha value is -1.32. The van der Waals surface area contributed by atoms with Gasteiger partial charge >= 0.3 is 0 Å². The van der Waals surface area contributed by atoms with Gasteiger partial charge in [-0.2, -0.15) is 0 Å². The van der Waals surface area contributed by atoms with Crippen LogP contribution in [0.15, 0.2) is 12.2 Å². The Balaban J connectivity index is 2.84. The number of carbonyl (C=O) groups is 2. The number of hydrogen-bond acceptors (Lipinski definition) is 2. The van der Waals surface area contributed by atoms with E-state index in [-0.39, 0.29) is 23.7 Å². The molecule has 0 aromatic heterocycles. The third-order valence-corrected chi connectivity index (χ3v) is 2.95. The normalized spacial score (nSPS) is 24.0. The van der Waals surface area contributed by atoms with Crippen LogP contribution in [0.5, 0.6) is 0 Å². The van der Waals surface area contributed by atoms with Crippen molar-refractivity contribution in [3.63, 3.8) is 0 Å². The van der Waals surface area contributed by atoms with Gasteiger partial charge in [-0.1, -0.05) is 12.2 Å². The van der Waals surface area contributed by atoms with E-state index in [1.54, 1.807) is 38.0 Å². The minimum atomic E-state index is -0.199. The van der Waals surface area contributed by atoms with Crippen LogP contribution in [0.1, 0.15) is 12.8 Å². The summed E-state index contributed by atoms with van der Waals surface area (Å²) in [5.41, 5.74) is 0. The van der Waals surface area contributed by atoms with Crippen molar-refractivity contribution in [1.29, 1.82) is 0 Å². The summed E-state index contributed by atoms with van der Waals surface area (Å²) < 4.78 is 0. The Labute approximate surface area is 96.9 Å². The molecule has 1 aliphatic rings. The predicted octanol–water partition coefficient (Wildman–Crippen LogP) is 0.745. The number of hydrogen-bond donors (Lipinski definition) is 0. The zero-order valence-corrected chi connectivity index (χ0v) is 10.4. The Morgan fingerprint density at radius 1 is 0.875 bits per heavy atom. The summed E-state index contributed by atoms with van der Waals surface area (Å²) >= 11 is 0. The molecule has 0 saturated carbocycles. The monoisotopic (exact) mass is 224 g/mol. The van der Waals surface area contributed by atoms with Gasteiger partial charge in [0.15, 0.2) is 0 Å². The molecule has 0 bridgehead atoms. The van der Waals surface area contributed by atoms with Crippen LogP contribution in [0, 0.1) is 11.8 Å². The first kappa shape index (κ1) is 12.7. The van der Waals surface area contributed by atoms with Crippen molar-refractivity contribution in [3.05, 3.63) is 12.2 Å². The van der Waals surface area contributed by atoms with Crippen molar-refractivity contribution in [1.82, 2.24) is 9.80 Å². The number of nitrogens with zero attached hydrogens (tertiary/aromatic N) is 2. The molecule has 0 heterocycles. The second-order valence-electron chi connectivity index (χ2n) is 4.62. The van der Waals surface area contributed by atoms with E-state index in [0.717, 1.165) is 0 Å². The fourth-order valence-electron chi connectivity index (χ4n) is 2.02. The van der Waals surface area contributed by atoms with Gasteiger partial charge in [0.05, 0.1) is 11.8 Å². The summed E-state index contributed by atoms with van der Waals surface area (Å²) in [5.74, 6) is -0.307. The lowest BCUT2D eigenvalue weighted by Crippen LogP contribution is -2.42. The van der Waals surface area contributed by atoms with E-state index < -0.39 is 0 Å². The molecule has 0 radical (unpaired) electrons. The maximum atomic E-state index is 12.0. The third-order valence-electron chi connectivity index (χ3n) is 2.95. The van der Waals surface area contributed by atoms with Gasteiger partial charge in [0.25, 0.3) is 0 Å². The summed E-state index contributed by atoms with van der Waals surface area (Å²) in [5, 5.41) is 0. The molecule has 16 heavy (non-hydrogen) atoms. The highest BCUT2D eigenvalue weighted by Gasteiger charge is 2.35. The Morgan fingerprint density at radius 2 is 1.19 bits per heavy atom. The molecule has 0 unspecified atom stereocenters. The third kappa shape index (κ3) is 2.62. The molecule has 90 valence electrons.